The average Bonchev–Trinajstić information content (AvgIpc) is 2.47. The Morgan fingerprint density at radius 3 is 2.19 bits per heavy atom. The topological polar surface area (TPSA) is 38.7 Å². The van der Waals surface area contributed by atoms with Gasteiger partial charge in [-0.15, -0.1) is 0 Å². The minimum atomic E-state index is 0.319. The molecule has 21 heavy (non-hydrogen) atoms. The van der Waals surface area contributed by atoms with E-state index in [1.165, 1.54) is 0 Å². The molecule has 3 aromatic rings. The Kier molecular flexibility index (Phi) is 3.86. The van der Waals surface area contributed by atoms with Crippen LogP contribution in [0.1, 0.15) is 5.56 Å². The minimum Gasteiger partial charge on any atom is -0.253 e. The monoisotopic (exact) mass is 315 g/mol. The molecule has 0 saturated carbocycles. The Hall–Kier alpha value is -1.97. The van der Waals surface area contributed by atoms with Gasteiger partial charge in [-0.1, -0.05) is 53.5 Å². The van der Waals surface area contributed by atoms with E-state index in [0.717, 1.165) is 11.1 Å². The molecule has 0 spiro atoms. The zero-order chi connectivity index (χ0) is 14.8. The molecule has 0 aliphatic heterocycles. The van der Waals surface area contributed by atoms with Crippen LogP contribution in [0.3, 0.4) is 0 Å². The summed E-state index contributed by atoms with van der Waals surface area (Å²) < 4.78 is 0. The van der Waals surface area contributed by atoms with Crippen molar-refractivity contribution in [2.75, 3.05) is 0 Å². The first-order valence-corrected chi connectivity index (χ1v) is 7.12. The van der Waals surface area contributed by atoms with Gasteiger partial charge in [0.15, 0.2) is 5.82 Å². The summed E-state index contributed by atoms with van der Waals surface area (Å²) in [7, 11) is 0. The molecule has 1 aromatic carbocycles. The zero-order valence-corrected chi connectivity index (χ0v) is 12.7. The molecule has 0 bridgehead atoms. The minimum absolute atomic E-state index is 0.319. The number of hydrogen-bond acceptors (Lipinski definition) is 3. The molecule has 0 atom stereocenters. The molecule has 5 heteroatoms. The normalized spacial score (nSPS) is 10.6. The first kappa shape index (κ1) is 14.0. The van der Waals surface area contributed by atoms with E-state index in [-0.39, 0.29) is 0 Å². The maximum absolute atomic E-state index is 6.30. The van der Waals surface area contributed by atoms with Crippen LogP contribution in [0.5, 0.6) is 0 Å². The molecule has 2 aromatic heterocycles. The van der Waals surface area contributed by atoms with Gasteiger partial charge in [0.1, 0.15) is 16.0 Å². The van der Waals surface area contributed by atoms with E-state index in [1.54, 1.807) is 6.20 Å². The molecule has 0 aliphatic carbocycles. The number of benzene rings is 1. The fourth-order valence-electron chi connectivity index (χ4n) is 2.02. The second kappa shape index (κ2) is 5.80. The van der Waals surface area contributed by atoms with Crippen molar-refractivity contribution in [1.29, 1.82) is 0 Å². The molecule has 104 valence electrons. The predicted molar refractivity (Wildman–Crippen MR) is 85.5 cm³/mol. The summed E-state index contributed by atoms with van der Waals surface area (Å²) in [5.41, 5.74) is 3.24. The van der Waals surface area contributed by atoms with E-state index in [4.69, 9.17) is 23.2 Å². The highest BCUT2D eigenvalue weighted by molar-refractivity contribution is 6.37. The van der Waals surface area contributed by atoms with Crippen LogP contribution in [0, 0.1) is 6.92 Å². The lowest BCUT2D eigenvalue weighted by Crippen LogP contribution is -1.96. The number of hydrogen-bond donors (Lipinski definition) is 0. The maximum Gasteiger partial charge on any atom is 0.181 e. The SMILES string of the molecule is Cc1ccnc(-c2nc(Cl)c(-c3ccccc3)c(Cl)n2)c1. The number of pyridine rings is 1. The first-order valence-electron chi connectivity index (χ1n) is 6.36. The van der Waals surface area contributed by atoms with Crippen LogP contribution in [0.15, 0.2) is 48.7 Å². The van der Waals surface area contributed by atoms with E-state index in [2.05, 4.69) is 15.0 Å². The number of nitrogens with zero attached hydrogens (tertiary/aromatic N) is 3. The van der Waals surface area contributed by atoms with Gasteiger partial charge >= 0.3 is 0 Å². The predicted octanol–water partition coefficient (Wildman–Crippen LogP) is 4.82. The second-order valence-corrected chi connectivity index (χ2v) is 5.30. The van der Waals surface area contributed by atoms with Gasteiger partial charge in [-0.2, -0.15) is 0 Å². The summed E-state index contributed by atoms with van der Waals surface area (Å²) >= 11 is 12.6. The fraction of sp³-hybridized carbons (Fsp3) is 0.0625. The molecule has 0 amide bonds. The molecular weight excluding hydrogens is 305 g/mol. The molecule has 3 nitrogen and oxygen atoms in total. The summed E-state index contributed by atoms with van der Waals surface area (Å²) in [4.78, 5) is 12.9. The van der Waals surface area contributed by atoms with E-state index in [9.17, 15) is 0 Å². The van der Waals surface area contributed by atoms with Crippen LogP contribution < -0.4 is 0 Å². The number of aryl methyl sites for hydroxylation is 1. The van der Waals surface area contributed by atoms with Gasteiger partial charge in [0.25, 0.3) is 0 Å². The van der Waals surface area contributed by atoms with Gasteiger partial charge in [-0.25, -0.2) is 9.97 Å². The highest BCUT2D eigenvalue weighted by Crippen LogP contribution is 2.33. The van der Waals surface area contributed by atoms with Gasteiger partial charge in [0.2, 0.25) is 0 Å². The third-order valence-electron chi connectivity index (χ3n) is 3.03. The van der Waals surface area contributed by atoms with Crippen LogP contribution in [0.4, 0.5) is 0 Å². The van der Waals surface area contributed by atoms with Crippen molar-refractivity contribution in [2.24, 2.45) is 0 Å². The van der Waals surface area contributed by atoms with Crippen LogP contribution >= 0.6 is 23.2 Å². The summed E-state index contributed by atoms with van der Waals surface area (Å²) in [6.45, 7) is 1.98. The molecule has 0 aliphatic rings. The quantitative estimate of drug-likeness (QED) is 0.636. The summed E-state index contributed by atoms with van der Waals surface area (Å²) in [5.74, 6) is 0.424. The van der Waals surface area contributed by atoms with Crippen molar-refractivity contribution in [3.8, 4) is 22.6 Å². The molecule has 0 unspecified atom stereocenters. The Bertz CT molecular complexity index is 766. The van der Waals surface area contributed by atoms with E-state index in [1.807, 2.05) is 49.4 Å². The van der Waals surface area contributed by atoms with Crippen LogP contribution in [0.2, 0.25) is 10.3 Å². The third-order valence-corrected chi connectivity index (χ3v) is 3.57. The Labute approximate surface area is 132 Å². The van der Waals surface area contributed by atoms with Gasteiger partial charge in [0.05, 0.1) is 5.56 Å². The lowest BCUT2D eigenvalue weighted by molar-refractivity contribution is 1.13. The van der Waals surface area contributed by atoms with Crippen molar-refractivity contribution in [3.05, 3.63) is 64.5 Å². The van der Waals surface area contributed by atoms with Gasteiger partial charge < -0.3 is 0 Å². The summed E-state index contributed by atoms with van der Waals surface area (Å²) in [6, 6.07) is 13.4. The maximum atomic E-state index is 6.30. The fourth-order valence-corrected chi connectivity index (χ4v) is 2.63. The summed E-state index contributed by atoms with van der Waals surface area (Å²) in [5, 5.41) is 0.638. The van der Waals surface area contributed by atoms with E-state index in [0.29, 0.717) is 27.4 Å². The van der Waals surface area contributed by atoms with Crippen LogP contribution in [-0.4, -0.2) is 15.0 Å². The Morgan fingerprint density at radius 2 is 1.57 bits per heavy atom. The molecule has 0 radical (unpaired) electrons. The van der Waals surface area contributed by atoms with Crippen molar-refractivity contribution in [3.63, 3.8) is 0 Å². The van der Waals surface area contributed by atoms with Gasteiger partial charge in [-0.05, 0) is 30.2 Å². The highest BCUT2D eigenvalue weighted by Gasteiger charge is 2.15. The number of aromatic nitrogens is 3. The lowest BCUT2D eigenvalue weighted by atomic mass is 10.1. The molecule has 2 heterocycles. The smallest absolute Gasteiger partial charge is 0.181 e. The van der Waals surface area contributed by atoms with Crippen LogP contribution in [0.25, 0.3) is 22.6 Å². The zero-order valence-electron chi connectivity index (χ0n) is 11.2. The number of rotatable bonds is 2. The average molecular weight is 316 g/mol. The molecule has 0 saturated heterocycles. The molecular formula is C16H11Cl2N3. The highest BCUT2D eigenvalue weighted by atomic mass is 35.5. The largest absolute Gasteiger partial charge is 0.253 e. The van der Waals surface area contributed by atoms with Crippen LogP contribution in [-0.2, 0) is 0 Å². The van der Waals surface area contributed by atoms with Gasteiger partial charge in [0, 0.05) is 6.20 Å². The van der Waals surface area contributed by atoms with Crippen molar-refractivity contribution in [2.45, 2.75) is 6.92 Å². The number of halogens is 2. The Morgan fingerprint density at radius 1 is 0.905 bits per heavy atom. The first-order chi connectivity index (χ1) is 10.1. The second-order valence-electron chi connectivity index (χ2n) is 4.59. The van der Waals surface area contributed by atoms with Crippen molar-refractivity contribution in [1.82, 2.24) is 15.0 Å². The molecule has 3 rings (SSSR count). The lowest BCUT2D eigenvalue weighted by Gasteiger charge is -2.08. The third kappa shape index (κ3) is 2.89. The van der Waals surface area contributed by atoms with Gasteiger partial charge in [-0.3, -0.25) is 4.98 Å². The van der Waals surface area contributed by atoms with Crippen molar-refractivity contribution >= 4 is 23.2 Å². The summed E-state index contributed by atoms with van der Waals surface area (Å²) in [6.07, 6.45) is 1.71. The molecule has 0 fully saturated rings. The van der Waals surface area contributed by atoms with E-state index >= 15 is 0 Å². The standard InChI is InChI=1S/C16H11Cl2N3/c1-10-7-8-19-12(9-10)16-20-14(17)13(15(18)21-16)11-5-3-2-4-6-11/h2-9H,1H3. The van der Waals surface area contributed by atoms with E-state index < -0.39 is 0 Å². The van der Waals surface area contributed by atoms with Crippen molar-refractivity contribution < 1.29 is 0 Å². The Balaban J connectivity index is 2.13. The molecule has 0 N–H and O–H groups in total.